The molecule has 1 unspecified atom stereocenters. The number of rotatable bonds is 6. The number of nitrogens with one attached hydrogen (secondary N) is 1. The second-order valence-electron chi connectivity index (χ2n) is 6.08. The number of hydrogen-bond donors (Lipinski definition) is 1. The fraction of sp³-hybridized carbons (Fsp3) is 0.529. The van der Waals surface area contributed by atoms with Crippen LogP contribution in [0.1, 0.15) is 31.1 Å². The van der Waals surface area contributed by atoms with Crippen molar-refractivity contribution in [3.8, 4) is 0 Å². The lowest BCUT2D eigenvalue weighted by atomic mass is 10.2. The summed E-state index contributed by atoms with van der Waals surface area (Å²) >= 11 is 0. The molecule has 0 spiro atoms. The summed E-state index contributed by atoms with van der Waals surface area (Å²) in [4.78, 5) is 43.0. The predicted octanol–water partition coefficient (Wildman–Crippen LogP) is 0.0923. The molecule has 0 fully saturated rings. The summed E-state index contributed by atoms with van der Waals surface area (Å²) in [6, 6.07) is 1.70. The third-order valence-electron chi connectivity index (χ3n) is 4.55. The van der Waals surface area contributed by atoms with Crippen LogP contribution in [-0.4, -0.2) is 50.6 Å². The number of aromatic nitrogens is 3. The van der Waals surface area contributed by atoms with Gasteiger partial charge in [0, 0.05) is 32.9 Å². The van der Waals surface area contributed by atoms with Crippen LogP contribution < -0.4 is 16.6 Å². The number of fused-ring (bicyclic) bond motifs is 1. The van der Waals surface area contributed by atoms with E-state index in [4.69, 9.17) is 0 Å². The fourth-order valence-corrected chi connectivity index (χ4v) is 2.91. The van der Waals surface area contributed by atoms with Gasteiger partial charge in [-0.2, -0.15) is 0 Å². The third kappa shape index (κ3) is 3.63. The normalized spacial score (nSPS) is 12.6. The predicted molar refractivity (Wildman–Crippen MR) is 96.9 cm³/mol. The minimum Gasteiger partial charge on any atom is -0.350 e. The first kappa shape index (κ1) is 18.9. The molecule has 136 valence electrons. The van der Waals surface area contributed by atoms with Crippen LogP contribution in [0.15, 0.2) is 21.9 Å². The highest BCUT2D eigenvalue weighted by Gasteiger charge is 2.15. The highest BCUT2D eigenvalue weighted by atomic mass is 16.2. The van der Waals surface area contributed by atoms with E-state index in [2.05, 4.69) is 36.0 Å². The van der Waals surface area contributed by atoms with Gasteiger partial charge in [0.05, 0.1) is 10.9 Å². The molecule has 2 rings (SSSR count). The number of amides is 1. The zero-order valence-electron chi connectivity index (χ0n) is 15.4. The fourth-order valence-electron chi connectivity index (χ4n) is 2.91. The Morgan fingerprint density at radius 3 is 2.48 bits per heavy atom. The number of nitrogens with zero attached hydrogens (tertiary/aromatic N) is 4. The summed E-state index contributed by atoms with van der Waals surface area (Å²) in [6.45, 7) is 8.54. The summed E-state index contributed by atoms with van der Waals surface area (Å²) in [5.41, 5.74) is -0.344. The molecule has 2 heterocycles. The van der Waals surface area contributed by atoms with Gasteiger partial charge in [0.2, 0.25) is 0 Å². The number of pyridine rings is 1. The van der Waals surface area contributed by atoms with Crippen LogP contribution in [0.5, 0.6) is 0 Å². The first-order chi connectivity index (χ1) is 11.8. The van der Waals surface area contributed by atoms with Crippen LogP contribution in [0.25, 0.3) is 11.0 Å². The van der Waals surface area contributed by atoms with Gasteiger partial charge in [-0.05, 0) is 26.1 Å². The van der Waals surface area contributed by atoms with E-state index >= 15 is 0 Å². The summed E-state index contributed by atoms with van der Waals surface area (Å²) in [6.07, 6.45) is 1.39. The Labute approximate surface area is 146 Å². The minimum atomic E-state index is -0.461. The van der Waals surface area contributed by atoms with Crippen molar-refractivity contribution in [1.82, 2.24) is 24.3 Å². The van der Waals surface area contributed by atoms with E-state index in [-0.39, 0.29) is 23.0 Å². The SMILES string of the molecule is CCN(CC)C(C)CNC(=O)c1cnc2c(c1)c(=O)n(C)c(=O)n2C. The zero-order valence-corrected chi connectivity index (χ0v) is 15.4. The Kier molecular flexibility index (Phi) is 5.73. The first-order valence-corrected chi connectivity index (χ1v) is 8.39. The molecule has 2 aromatic rings. The van der Waals surface area contributed by atoms with Crippen LogP contribution >= 0.6 is 0 Å². The van der Waals surface area contributed by atoms with Crippen LogP contribution in [0.4, 0.5) is 0 Å². The molecule has 2 aromatic heterocycles. The molecule has 0 aromatic carbocycles. The van der Waals surface area contributed by atoms with E-state index < -0.39 is 11.2 Å². The van der Waals surface area contributed by atoms with Crippen molar-refractivity contribution in [2.45, 2.75) is 26.8 Å². The molecule has 0 aliphatic carbocycles. The zero-order chi connectivity index (χ0) is 18.7. The second kappa shape index (κ2) is 7.60. The van der Waals surface area contributed by atoms with Crippen molar-refractivity contribution in [3.63, 3.8) is 0 Å². The molecule has 25 heavy (non-hydrogen) atoms. The summed E-state index contributed by atoms with van der Waals surface area (Å²) in [7, 11) is 2.95. The molecule has 0 bridgehead atoms. The number of carbonyl (C=O) groups is 1. The molecular weight excluding hydrogens is 322 g/mol. The third-order valence-corrected chi connectivity index (χ3v) is 4.55. The van der Waals surface area contributed by atoms with Crippen molar-refractivity contribution in [1.29, 1.82) is 0 Å². The topological polar surface area (TPSA) is 89.2 Å². The lowest BCUT2D eigenvalue weighted by Gasteiger charge is -2.26. The van der Waals surface area contributed by atoms with Gasteiger partial charge in [0.15, 0.2) is 0 Å². The molecule has 0 radical (unpaired) electrons. The molecule has 0 aliphatic rings. The van der Waals surface area contributed by atoms with Crippen LogP contribution in [-0.2, 0) is 14.1 Å². The molecule has 1 amide bonds. The smallest absolute Gasteiger partial charge is 0.332 e. The molecule has 1 atom stereocenters. The first-order valence-electron chi connectivity index (χ1n) is 8.39. The Hall–Kier alpha value is -2.48. The molecular formula is C17H25N5O3. The van der Waals surface area contributed by atoms with Crippen LogP contribution in [0.3, 0.4) is 0 Å². The maximum absolute atomic E-state index is 12.4. The summed E-state index contributed by atoms with van der Waals surface area (Å²) in [5, 5.41) is 3.12. The average Bonchev–Trinajstić information content (AvgIpc) is 2.63. The van der Waals surface area contributed by atoms with E-state index in [9.17, 15) is 14.4 Å². The Morgan fingerprint density at radius 2 is 1.88 bits per heavy atom. The van der Waals surface area contributed by atoms with E-state index in [0.29, 0.717) is 12.1 Å². The van der Waals surface area contributed by atoms with Gasteiger partial charge in [-0.15, -0.1) is 0 Å². The van der Waals surface area contributed by atoms with Crippen molar-refractivity contribution < 1.29 is 4.79 Å². The standard InChI is InChI=1S/C17H25N5O3/c1-6-22(7-2)11(3)9-19-15(23)12-8-13-14(18-10-12)20(4)17(25)21(5)16(13)24/h8,10-11H,6-7,9H2,1-5H3,(H,19,23). The molecule has 1 N–H and O–H groups in total. The molecule has 0 saturated heterocycles. The summed E-state index contributed by atoms with van der Waals surface area (Å²) < 4.78 is 2.30. The number of carbonyl (C=O) groups excluding carboxylic acids is 1. The van der Waals surface area contributed by atoms with Crippen molar-refractivity contribution in [2.75, 3.05) is 19.6 Å². The van der Waals surface area contributed by atoms with Crippen molar-refractivity contribution in [2.24, 2.45) is 14.1 Å². The van der Waals surface area contributed by atoms with E-state index in [1.54, 1.807) is 7.05 Å². The van der Waals surface area contributed by atoms with Crippen LogP contribution in [0.2, 0.25) is 0 Å². The molecule has 0 aliphatic heterocycles. The van der Waals surface area contributed by atoms with Gasteiger partial charge in [-0.3, -0.25) is 23.6 Å². The quantitative estimate of drug-likeness (QED) is 0.800. The van der Waals surface area contributed by atoms with Crippen molar-refractivity contribution in [3.05, 3.63) is 38.7 Å². The maximum Gasteiger partial charge on any atom is 0.332 e. The average molecular weight is 347 g/mol. The largest absolute Gasteiger partial charge is 0.350 e. The van der Waals surface area contributed by atoms with Crippen LogP contribution in [0, 0.1) is 0 Å². The Morgan fingerprint density at radius 1 is 1.24 bits per heavy atom. The highest BCUT2D eigenvalue weighted by Crippen LogP contribution is 2.07. The molecule has 8 heteroatoms. The number of aryl methyl sites for hydroxylation is 1. The lowest BCUT2D eigenvalue weighted by molar-refractivity contribution is 0.0938. The van der Waals surface area contributed by atoms with Gasteiger partial charge in [0.1, 0.15) is 5.65 Å². The summed E-state index contributed by atoms with van der Waals surface area (Å²) in [5.74, 6) is -0.288. The lowest BCUT2D eigenvalue weighted by Crippen LogP contribution is -2.42. The molecule has 0 saturated carbocycles. The van der Waals surface area contributed by atoms with Crippen molar-refractivity contribution >= 4 is 16.9 Å². The Bertz CT molecular complexity index is 896. The van der Waals surface area contributed by atoms with Gasteiger partial charge in [-0.1, -0.05) is 13.8 Å². The van der Waals surface area contributed by atoms with Gasteiger partial charge in [0.25, 0.3) is 11.5 Å². The van der Waals surface area contributed by atoms with E-state index in [0.717, 1.165) is 17.7 Å². The highest BCUT2D eigenvalue weighted by molar-refractivity contribution is 5.96. The second-order valence-corrected chi connectivity index (χ2v) is 6.08. The number of likely N-dealkylation sites (N-methyl/N-ethyl adjacent to an activating group) is 1. The van der Waals surface area contributed by atoms with Gasteiger partial charge >= 0.3 is 5.69 Å². The Balaban J connectivity index is 2.29. The van der Waals surface area contributed by atoms with Gasteiger partial charge in [-0.25, -0.2) is 9.78 Å². The van der Waals surface area contributed by atoms with E-state index in [1.807, 2.05) is 0 Å². The minimum absolute atomic E-state index is 0.209. The number of hydrogen-bond acceptors (Lipinski definition) is 5. The maximum atomic E-state index is 12.4. The van der Waals surface area contributed by atoms with Gasteiger partial charge < -0.3 is 5.32 Å². The monoisotopic (exact) mass is 347 g/mol. The van der Waals surface area contributed by atoms with E-state index in [1.165, 1.54) is 23.9 Å². The molecule has 8 nitrogen and oxygen atoms in total.